The number of amides is 1. The first-order valence-corrected chi connectivity index (χ1v) is 17.8. The maximum Gasteiger partial charge on any atom is 0.326 e. The average molecular weight is 619 g/mol. The standard InChI is InChI=1S/C37H66N2O5/c1-3-5-7-9-10-11-12-13-14-15-16-17-18-19-25-31-36(41)44-33(27-22-8-6-4-2)28-23-20-21-24-30-35(40)39-34(37(42)43)29-26-32-38/h10-11,13-14,22,27,33-34H,3-9,12,15-21,23-26,28-32,38H2,1-2H3,(H,39,40)(H,42,43)/b11-10-,14-13-,27-22-. The number of aliphatic carboxylic acids is 1. The third kappa shape index (κ3) is 28.4. The largest absolute Gasteiger partial charge is 0.480 e. The number of carbonyl (C=O) groups is 3. The molecular weight excluding hydrogens is 552 g/mol. The van der Waals surface area contributed by atoms with Gasteiger partial charge in [-0.1, -0.05) is 102 Å². The fourth-order valence-corrected chi connectivity index (χ4v) is 4.90. The van der Waals surface area contributed by atoms with E-state index in [0.29, 0.717) is 38.6 Å². The fourth-order valence-electron chi connectivity index (χ4n) is 4.90. The molecule has 0 aromatic carbocycles. The van der Waals surface area contributed by atoms with Gasteiger partial charge in [-0.25, -0.2) is 4.79 Å². The van der Waals surface area contributed by atoms with Crippen molar-refractivity contribution in [3.63, 3.8) is 0 Å². The van der Waals surface area contributed by atoms with Gasteiger partial charge in [-0.2, -0.15) is 0 Å². The molecule has 0 aromatic rings. The van der Waals surface area contributed by atoms with E-state index in [0.717, 1.165) is 77.0 Å². The summed E-state index contributed by atoms with van der Waals surface area (Å²) in [5.74, 6) is -1.36. The first-order chi connectivity index (χ1) is 21.4. The predicted octanol–water partition coefficient (Wildman–Crippen LogP) is 9.11. The van der Waals surface area contributed by atoms with E-state index in [-0.39, 0.29) is 18.0 Å². The highest BCUT2D eigenvalue weighted by atomic mass is 16.5. The summed E-state index contributed by atoms with van der Waals surface area (Å²) in [5.41, 5.74) is 5.45. The number of hydrogen-bond acceptors (Lipinski definition) is 5. The van der Waals surface area contributed by atoms with Crippen LogP contribution in [0.2, 0.25) is 0 Å². The second-order valence-electron chi connectivity index (χ2n) is 11.9. The first-order valence-electron chi connectivity index (χ1n) is 17.8. The second-order valence-corrected chi connectivity index (χ2v) is 11.9. The number of unbranched alkanes of at least 4 members (excludes halogenated alkanes) is 13. The summed E-state index contributed by atoms with van der Waals surface area (Å²) in [4.78, 5) is 35.9. The van der Waals surface area contributed by atoms with E-state index in [1.165, 1.54) is 38.5 Å². The summed E-state index contributed by atoms with van der Waals surface area (Å²) in [6.07, 6.45) is 35.0. The first kappa shape index (κ1) is 41.6. The Hall–Kier alpha value is -2.41. The van der Waals surface area contributed by atoms with Crippen LogP contribution in [-0.4, -0.2) is 41.6 Å². The van der Waals surface area contributed by atoms with Gasteiger partial charge in [0.25, 0.3) is 0 Å². The third-order valence-electron chi connectivity index (χ3n) is 7.66. The number of allylic oxidation sites excluding steroid dienone is 5. The van der Waals surface area contributed by atoms with E-state index >= 15 is 0 Å². The minimum atomic E-state index is -1.02. The van der Waals surface area contributed by atoms with E-state index in [1.807, 2.05) is 6.08 Å². The van der Waals surface area contributed by atoms with Crippen molar-refractivity contribution in [2.75, 3.05) is 6.54 Å². The fraction of sp³-hybridized carbons (Fsp3) is 0.757. The lowest BCUT2D eigenvalue weighted by atomic mass is 10.1. The van der Waals surface area contributed by atoms with E-state index in [2.05, 4.69) is 49.5 Å². The minimum absolute atomic E-state index is 0.111. The van der Waals surface area contributed by atoms with Crippen LogP contribution in [0.1, 0.15) is 162 Å². The van der Waals surface area contributed by atoms with Gasteiger partial charge in [0.1, 0.15) is 12.1 Å². The molecule has 0 radical (unpaired) electrons. The molecule has 7 heteroatoms. The molecule has 2 atom stereocenters. The minimum Gasteiger partial charge on any atom is -0.480 e. The van der Waals surface area contributed by atoms with Crippen molar-refractivity contribution in [2.24, 2.45) is 5.73 Å². The van der Waals surface area contributed by atoms with Gasteiger partial charge in [-0.05, 0) is 89.7 Å². The van der Waals surface area contributed by atoms with Crippen molar-refractivity contribution < 1.29 is 24.2 Å². The van der Waals surface area contributed by atoms with Crippen molar-refractivity contribution >= 4 is 17.8 Å². The number of nitrogens with one attached hydrogen (secondary N) is 1. The van der Waals surface area contributed by atoms with Crippen LogP contribution in [0.3, 0.4) is 0 Å². The van der Waals surface area contributed by atoms with E-state index in [1.54, 1.807) is 0 Å². The molecule has 0 fully saturated rings. The van der Waals surface area contributed by atoms with Gasteiger partial charge >= 0.3 is 11.9 Å². The molecule has 254 valence electrons. The Balaban J connectivity index is 4.13. The van der Waals surface area contributed by atoms with Gasteiger partial charge in [-0.15, -0.1) is 0 Å². The SMILES string of the molecule is CCCC/C=C\C(CCCCCCC(=O)NC(CCCN)C(=O)O)OC(=O)CCCCCCC/C=C\C/C=C\CCCCC. The lowest BCUT2D eigenvalue weighted by Gasteiger charge is -2.15. The van der Waals surface area contributed by atoms with Gasteiger partial charge in [0.05, 0.1) is 0 Å². The summed E-state index contributed by atoms with van der Waals surface area (Å²) in [5, 5.41) is 11.8. The molecule has 0 heterocycles. The Bertz CT molecular complexity index is 793. The van der Waals surface area contributed by atoms with Crippen LogP contribution in [0.5, 0.6) is 0 Å². The molecule has 2 unspecified atom stereocenters. The molecule has 4 N–H and O–H groups in total. The number of carboxylic acid groups (broad SMARTS) is 1. The van der Waals surface area contributed by atoms with Gasteiger partial charge in [0.15, 0.2) is 0 Å². The van der Waals surface area contributed by atoms with Crippen LogP contribution in [0.15, 0.2) is 36.5 Å². The maximum atomic E-state index is 12.5. The van der Waals surface area contributed by atoms with E-state index < -0.39 is 12.0 Å². The van der Waals surface area contributed by atoms with Crippen LogP contribution in [-0.2, 0) is 19.1 Å². The summed E-state index contributed by atoms with van der Waals surface area (Å²) < 4.78 is 5.82. The number of nitrogens with two attached hydrogens (primary N) is 1. The van der Waals surface area contributed by atoms with Crippen LogP contribution in [0.4, 0.5) is 0 Å². The Morgan fingerprint density at radius 2 is 1.27 bits per heavy atom. The molecule has 44 heavy (non-hydrogen) atoms. The van der Waals surface area contributed by atoms with Crippen molar-refractivity contribution in [3.05, 3.63) is 36.5 Å². The molecule has 0 aromatic heterocycles. The van der Waals surface area contributed by atoms with Gasteiger partial charge in [0.2, 0.25) is 5.91 Å². The van der Waals surface area contributed by atoms with Crippen LogP contribution >= 0.6 is 0 Å². The molecule has 0 spiro atoms. The molecule has 0 saturated carbocycles. The number of carbonyl (C=O) groups excluding carboxylic acids is 2. The van der Waals surface area contributed by atoms with Gasteiger partial charge in [-0.3, -0.25) is 9.59 Å². The highest BCUT2D eigenvalue weighted by molar-refractivity contribution is 5.83. The number of rotatable bonds is 31. The summed E-state index contributed by atoms with van der Waals surface area (Å²) >= 11 is 0. The van der Waals surface area contributed by atoms with E-state index in [9.17, 15) is 19.5 Å². The molecule has 0 rings (SSSR count). The van der Waals surface area contributed by atoms with Crippen molar-refractivity contribution in [1.82, 2.24) is 5.32 Å². The molecular formula is C37H66N2O5. The normalized spacial score (nSPS) is 13.2. The zero-order valence-corrected chi connectivity index (χ0v) is 28.2. The molecule has 0 aliphatic heterocycles. The van der Waals surface area contributed by atoms with Crippen molar-refractivity contribution in [1.29, 1.82) is 0 Å². The van der Waals surface area contributed by atoms with Gasteiger partial charge < -0.3 is 20.9 Å². The third-order valence-corrected chi connectivity index (χ3v) is 7.66. The van der Waals surface area contributed by atoms with Gasteiger partial charge in [0, 0.05) is 12.8 Å². The zero-order valence-electron chi connectivity index (χ0n) is 28.2. The highest BCUT2D eigenvalue weighted by Crippen LogP contribution is 2.14. The summed E-state index contributed by atoms with van der Waals surface area (Å²) in [6.45, 7) is 4.81. The smallest absolute Gasteiger partial charge is 0.326 e. The topological polar surface area (TPSA) is 119 Å². The van der Waals surface area contributed by atoms with Crippen molar-refractivity contribution in [3.8, 4) is 0 Å². The molecule has 0 saturated heterocycles. The molecule has 0 bridgehead atoms. The van der Waals surface area contributed by atoms with E-state index in [4.69, 9.17) is 10.5 Å². The maximum absolute atomic E-state index is 12.5. The highest BCUT2D eigenvalue weighted by Gasteiger charge is 2.18. The second kappa shape index (κ2) is 32.0. The molecule has 7 nitrogen and oxygen atoms in total. The average Bonchev–Trinajstić information content (AvgIpc) is 3.00. The van der Waals surface area contributed by atoms with Crippen LogP contribution < -0.4 is 11.1 Å². The zero-order chi connectivity index (χ0) is 32.5. The monoisotopic (exact) mass is 618 g/mol. The Labute approximate surface area is 269 Å². The van der Waals surface area contributed by atoms with Crippen LogP contribution in [0.25, 0.3) is 0 Å². The summed E-state index contributed by atoms with van der Waals surface area (Å²) in [6, 6.07) is -0.870. The lowest BCUT2D eigenvalue weighted by Crippen LogP contribution is -2.40. The number of ether oxygens (including phenoxy) is 1. The number of esters is 1. The van der Waals surface area contributed by atoms with Crippen molar-refractivity contribution in [2.45, 2.75) is 174 Å². The number of carboxylic acids is 1. The molecule has 0 aliphatic carbocycles. The lowest BCUT2D eigenvalue weighted by molar-refractivity contribution is -0.147. The quantitative estimate of drug-likeness (QED) is 0.0405. The van der Waals surface area contributed by atoms with Crippen LogP contribution in [0, 0.1) is 0 Å². The Morgan fingerprint density at radius 1 is 0.682 bits per heavy atom. The number of hydrogen-bond donors (Lipinski definition) is 3. The Morgan fingerprint density at radius 3 is 1.93 bits per heavy atom. The predicted molar refractivity (Wildman–Crippen MR) is 183 cm³/mol. The molecule has 1 amide bonds. The summed E-state index contributed by atoms with van der Waals surface area (Å²) in [7, 11) is 0. The molecule has 0 aliphatic rings. The Kier molecular flexibility index (Phi) is 30.2.